The van der Waals surface area contributed by atoms with E-state index >= 15 is 0 Å². The van der Waals surface area contributed by atoms with Crippen molar-refractivity contribution in [2.45, 2.75) is 0 Å². The molecular formula is C2H6ClFNOP. The Morgan fingerprint density at radius 3 is 1.86 bits per heavy atom. The Labute approximate surface area is 46.6 Å². The van der Waals surface area contributed by atoms with Crippen LogP contribution in [0, 0.1) is 0 Å². The molecule has 0 spiro atoms. The summed E-state index contributed by atoms with van der Waals surface area (Å²) < 4.78 is 22.5. The standard InChI is InChI=1S/C2H6ClFNOP/c1-5(2)7(3,4)6/h1-2H3. The largest absolute Gasteiger partial charge is 0.398 e. The molecule has 0 fully saturated rings. The van der Waals surface area contributed by atoms with Gasteiger partial charge in [0.25, 0.3) is 0 Å². The van der Waals surface area contributed by atoms with Gasteiger partial charge in [-0.1, -0.05) is 0 Å². The number of nitrogens with zero attached hydrogens (tertiary/aromatic N) is 1. The Morgan fingerprint density at radius 1 is 1.71 bits per heavy atom. The molecule has 0 aliphatic heterocycles. The first-order valence-electron chi connectivity index (χ1n) is 1.62. The molecule has 0 saturated carbocycles. The van der Waals surface area contributed by atoms with Crippen LogP contribution in [0.3, 0.4) is 0 Å². The molecule has 1 unspecified atom stereocenters. The molecule has 0 heterocycles. The van der Waals surface area contributed by atoms with Gasteiger partial charge in [-0.05, 0) is 25.3 Å². The second-order valence-corrected chi connectivity index (χ2v) is 4.20. The normalized spacial score (nSPS) is 19.6. The van der Waals surface area contributed by atoms with Crippen molar-refractivity contribution in [3.63, 3.8) is 0 Å². The van der Waals surface area contributed by atoms with Crippen molar-refractivity contribution in [1.82, 2.24) is 4.67 Å². The van der Waals surface area contributed by atoms with E-state index < -0.39 is 6.96 Å². The minimum absolute atomic E-state index is 0.842. The van der Waals surface area contributed by atoms with Gasteiger partial charge in [-0.25, -0.2) is 4.67 Å². The maximum atomic E-state index is 11.8. The lowest BCUT2D eigenvalue weighted by Gasteiger charge is -2.05. The zero-order chi connectivity index (χ0) is 6.08. The molecule has 7 heavy (non-hydrogen) atoms. The van der Waals surface area contributed by atoms with E-state index in [1.54, 1.807) is 0 Å². The number of hydrogen-bond donors (Lipinski definition) is 0. The fraction of sp³-hybridized carbons (Fsp3) is 1.00. The highest BCUT2D eigenvalue weighted by Gasteiger charge is 2.17. The van der Waals surface area contributed by atoms with Crippen molar-refractivity contribution >= 4 is 18.2 Å². The Balaban J connectivity index is 3.80. The highest BCUT2D eigenvalue weighted by molar-refractivity contribution is 7.83. The van der Waals surface area contributed by atoms with Gasteiger partial charge in [-0.3, -0.25) is 4.57 Å². The van der Waals surface area contributed by atoms with Crippen molar-refractivity contribution in [3.05, 3.63) is 0 Å². The first-order valence-corrected chi connectivity index (χ1v) is 4.07. The SMILES string of the molecule is CN(C)P(=O)(F)Cl. The molecule has 0 aromatic carbocycles. The van der Waals surface area contributed by atoms with Gasteiger partial charge >= 0.3 is 6.96 Å². The van der Waals surface area contributed by atoms with E-state index in [0.29, 0.717) is 0 Å². The van der Waals surface area contributed by atoms with Crippen molar-refractivity contribution in [1.29, 1.82) is 0 Å². The molecule has 0 aromatic heterocycles. The monoisotopic (exact) mass is 145 g/mol. The molecule has 0 radical (unpaired) electrons. The van der Waals surface area contributed by atoms with E-state index in [2.05, 4.69) is 11.2 Å². The Morgan fingerprint density at radius 2 is 1.86 bits per heavy atom. The fourth-order valence-corrected chi connectivity index (χ4v) is 0. The van der Waals surface area contributed by atoms with Gasteiger partial charge in [0.2, 0.25) is 0 Å². The van der Waals surface area contributed by atoms with Crippen LogP contribution >= 0.6 is 18.2 Å². The molecule has 5 heteroatoms. The van der Waals surface area contributed by atoms with Crippen LogP contribution in [0.5, 0.6) is 0 Å². The zero-order valence-electron chi connectivity index (χ0n) is 4.06. The summed E-state index contributed by atoms with van der Waals surface area (Å²) in [7, 11) is 2.63. The first-order chi connectivity index (χ1) is 2.94. The average molecular weight is 146 g/mol. The van der Waals surface area contributed by atoms with Crippen molar-refractivity contribution < 1.29 is 8.76 Å². The molecule has 1 atom stereocenters. The van der Waals surface area contributed by atoms with Crippen LogP contribution in [0.4, 0.5) is 4.20 Å². The smallest absolute Gasteiger partial charge is 0.251 e. The van der Waals surface area contributed by atoms with E-state index in [9.17, 15) is 8.76 Å². The summed E-state index contributed by atoms with van der Waals surface area (Å²) in [5, 5.41) is 0. The molecule has 0 aliphatic carbocycles. The molecule has 0 saturated heterocycles. The van der Waals surface area contributed by atoms with Gasteiger partial charge in [-0.2, -0.15) is 4.20 Å². The van der Waals surface area contributed by atoms with Crippen LogP contribution in [0.25, 0.3) is 0 Å². The molecule has 2 nitrogen and oxygen atoms in total. The van der Waals surface area contributed by atoms with Gasteiger partial charge in [0.05, 0.1) is 0 Å². The Bertz CT molecular complexity index is 99.9. The summed E-state index contributed by atoms with van der Waals surface area (Å²) >= 11 is 4.68. The van der Waals surface area contributed by atoms with Gasteiger partial charge in [0.1, 0.15) is 0 Å². The van der Waals surface area contributed by atoms with E-state index in [1.807, 2.05) is 0 Å². The van der Waals surface area contributed by atoms with Crippen LogP contribution < -0.4 is 0 Å². The molecular weight excluding hydrogens is 139 g/mol. The molecule has 0 aromatic rings. The Kier molecular flexibility index (Phi) is 2.24. The van der Waals surface area contributed by atoms with E-state index in [0.717, 1.165) is 4.67 Å². The highest BCUT2D eigenvalue weighted by Crippen LogP contribution is 2.54. The second kappa shape index (κ2) is 2.12. The zero-order valence-corrected chi connectivity index (χ0v) is 5.71. The van der Waals surface area contributed by atoms with E-state index in [-0.39, 0.29) is 0 Å². The van der Waals surface area contributed by atoms with Crippen molar-refractivity contribution in [2.75, 3.05) is 14.1 Å². The van der Waals surface area contributed by atoms with Gasteiger partial charge in [0, 0.05) is 0 Å². The Hall–Kier alpha value is 0.410. The molecule has 0 N–H and O–H groups in total. The van der Waals surface area contributed by atoms with Gasteiger partial charge in [-0.15, -0.1) is 0 Å². The van der Waals surface area contributed by atoms with Crippen molar-refractivity contribution in [3.8, 4) is 0 Å². The second-order valence-electron chi connectivity index (χ2n) is 1.28. The van der Waals surface area contributed by atoms with E-state index in [1.165, 1.54) is 14.1 Å². The minimum atomic E-state index is -3.93. The fourth-order valence-electron chi connectivity index (χ4n) is 0. The maximum absolute atomic E-state index is 11.8. The summed E-state index contributed by atoms with van der Waals surface area (Å²) in [6.07, 6.45) is 0. The highest BCUT2D eigenvalue weighted by atomic mass is 35.7. The average Bonchev–Trinajstić information content (AvgIpc) is 1.31. The topological polar surface area (TPSA) is 20.3 Å². The van der Waals surface area contributed by atoms with Crippen LogP contribution in [-0.4, -0.2) is 18.8 Å². The number of hydrogen-bond acceptors (Lipinski definition) is 1. The summed E-state index contributed by atoms with van der Waals surface area (Å²) in [4.78, 5) is 0. The molecule has 44 valence electrons. The lowest BCUT2D eigenvalue weighted by Crippen LogP contribution is -1.99. The molecule has 0 rings (SSSR count). The lowest BCUT2D eigenvalue weighted by atomic mass is 11.3. The third kappa shape index (κ3) is 3.03. The lowest BCUT2D eigenvalue weighted by molar-refractivity contribution is 0.488. The summed E-state index contributed by atoms with van der Waals surface area (Å²) in [5.74, 6) is 0. The van der Waals surface area contributed by atoms with Crippen LogP contribution in [0.2, 0.25) is 0 Å². The third-order valence-corrected chi connectivity index (χ3v) is 2.30. The van der Waals surface area contributed by atoms with Crippen molar-refractivity contribution in [2.24, 2.45) is 0 Å². The number of halogens is 2. The quantitative estimate of drug-likeness (QED) is 0.525. The van der Waals surface area contributed by atoms with Crippen LogP contribution in [-0.2, 0) is 4.57 Å². The minimum Gasteiger partial charge on any atom is -0.251 e. The summed E-state index contributed by atoms with van der Waals surface area (Å²) in [6.45, 7) is -3.93. The van der Waals surface area contributed by atoms with Crippen LogP contribution in [0.15, 0.2) is 0 Å². The van der Waals surface area contributed by atoms with E-state index in [4.69, 9.17) is 0 Å². The summed E-state index contributed by atoms with van der Waals surface area (Å²) in [5.41, 5.74) is 0. The van der Waals surface area contributed by atoms with Crippen LogP contribution in [0.1, 0.15) is 0 Å². The van der Waals surface area contributed by atoms with Gasteiger partial charge in [0.15, 0.2) is 0 Å². The predicted molar refractivity (Wildman–Crippen MR) is 28.3 cm³/mol. The molecule has 0 aliphatic rings. The number of rotatable bonds is 1. The predicted octanol–water partition coefficient (Wildman–Crippen LogP) is 1.86. The maximum Gasteiger partial charge on any atom is 0.398 e. The summed E-state index contributed by atoms with van der Waals surface area (Å²) in [6, 6.07) is 0. The van der Waals surface area contributed by atoms with Gasteiger partial charge < -0.3 is 0 Å². The molecule has 0 bridgehead atoms. The first kappa shape index (κ1) is 7.41. The molecule has 0 amide bonds. The third-order valence-electron chi connectivity index (χ3n) is 0.466.